The summed E-state index contributed by atoms with van der Waals surface area (Å²) in [7, 11) is 0. The first-order valence-electron chi connectivity index (χ1n) is 5.10. The summed E-state index contributed by atoms with van der Waals surface area (Å²) in [6.07, 6.45) is -1.71. The molecular weight excluding hydrogens is 266 g/mol. The molecule has 0 aliphatic carbocycles. The lowest BCUT2D eigenvalue weighted by molar-refractivity contribution is -0.140. The van der Waals surface area contributed by atoms with Gasteiger partial charge in [0.15, 0.2) is 17.8 Å². The zero-order valence-electron chi connectivity index (χ0n) is 9.12. The van der Waals surface area contributed by atoms with E-state index < -0.39 is 23.4 Å². The van der Waals surface area contributed by atoms with Crippen molar-refractivity contribution in [3.63, 3.8) is 0 Å². The van der Waals surface area contributed by atoms with E-state index in [4.69, 9.17) is 4.42 Å². The van der Waals surface area contributed by atoms with Crippen LogP contribution < -0.4 is 0 Å². The van der Waals surface area contributed by atoms with Gasteiger partial charge in [-0.15, -0.1) is 0 Å². The van der Waals surface area contributed by atoms with Crippen LogP contribution in [0.4, 0.5) is 17.6 Å². The van der Waals surface area contributed by atoms with Gasteiger partial charge in [-0.25, -0.2) is 14.4 Å². The Morgan fingerprint density at radius 3 is 2.74 bits per heavy atom. The van der Waals surface area contributed by atoms with Gasteiger partial charge in [0, 0.05) is 17.1 Å². The lowest BCUT2D eigenvalue weighted by atomic mass is 10.1. The monoisotopic (exact) mass is 271 g/mol. The van der Waals surface area contributed by atoms with Crippen molar-refractivity contribution in [2.24, 2.45) is 0 Å². The Bertz CT molecular complexity index is 744. The summed E-state index contributed by atoms with van der Waals surface area (Å²) in [5.41, 5.74) is -0.828. The van der Waals surface area contributed by atoms with Crippen molar-refractivity contribution in [3.8, 4) is 11.3 Å². The number of H-pyrrole nitrogens is 1. The minimum atomic E-state index is -4.65. The quantitative estimate of drug-likeness (QED) is 0.690. The number of rotatable bonds is 1. The summed E-state index contributed by atoms with van der Waals surface area (Å²) < 4.78 is 56.1. The Kier molecular flexibility index (Phi) is 2.34. The predicted octanol–water partition coefficient (Wildman–Crippen LogP) is 3.38. The predicted molar refractivity (Wildman–Crippen MR) is 56.6 cm³/mol. The molecular formula is C11H5F4N3O. The molecule has 0 aliphatic rings. The number of halogens is 4. The number of pyridine rings is 1. The smallest absolute Gasteiger partial charge is 0.437 e. The number of hydrogen-bond acceptors (Lipinski definition) is 3. The van der Waals surface area contributed by atoms with Crippen LogP contribution in [0.25, 0.3) is 22.4 Å². The van der Waals surface area contributed by atoms with E-state index in [2.05, 4.69) is 15.0 Å². The van der Waals surface area contributed by atoms with Crippen molar-refractivity contribution in [3.05, 3.63) is 36.4 Å². The second-order valence-corrected chi connectivity index (χ2v) is 3.78. The van der Waals surface area contributed by atoms with E-state index in [0.717, 1.165) is 12.3 Å². The van der Waals surface area contributed by atoms with Crippen LogP contribution >= 0.6 is 0 Å². The van der Waals surface area contributed by atoms with Crippen LogP contribution in [0, 0.1) is 5.82 Å². The zero-order valence-corrected chi connectivity index (χ0v) is 9.12. The fraction of sp³-hybridized carbons (Fsp3) is 0.0909. The first kappa shape index (κ1) is 11.7. The van der Waals surface area contributed by atoms with Crippen LogP contribution in [-0.2, 0) is 6.18 Å². The number of alkyl halides is 3. The minimum Gasteiger partial charge on any atom is -0.443 e. The van der Waals surface area contributed by atoms with Crippen LogP contribution in [0.5, 0.6) is 0 Å². The van der Waals surface area contributed by atoms with Crippen LogP contribution in [0.2, 0.25) is 0 Å². The Balaban J connectivity index is 2.26. The highest BCUT2D eigenvalue weighted by atomic mass is 19.4. The fourth-order valence-electron chi connectivity index (χ4n) is 1.80. The highest BCUT2D eigenvalue weighted by Gasteiger charge is 2.38. The van der Waals surface area contributed by atoms with E-state index >= 15 is 0 Å². The van der Waals surface area contributed by atoms with E-state index in [1.165, 1.54) is 6.20 Å². The summed E-state index contributed by atoms with van der Waals surface area (Å²) in [5.74, 6) is -1.12. The van der Waals surface area contributed by atoms with Gasteiger partial charge in [-0.3, -0.25) is 0 Å². The number of nitrogens with one attached hydrogen (secondary N) is 1. The van der Waals surface area contributed by atoms with E-state index in [1.54, 1.807) is 0 Å². The van der Waals surface area contributed by atoms with Gasteiger partial charge >= 0.3 is 6.18 Å². The van der Waals surface area contributed by atoms with Crippen molar-refractivity contribution >= 4 is 11.0 Å². The molecule has 0 saturated heterocycles. The van der Waals surface area contributed by atoms with Gasteiger partial charge in [-0.1, -0.05) is 0 Å². The third-order valence-electron chi connectivity index (χ3n) is 2.58. The number of oxazole rings is 1. The first-order valence-corrected chi connectivity index (χ1v) is 5.10. The van der Waals surface area contributed by atoms with Gasteiger partial charge in [0.1, 0.15) is 11.5 Å². The summed E-state index contributed by atoms with van der Waals surface area (Å²) in [5, 5.41) is 0.197. The molecule has 98 valence electrons. The standard InChI is InChI=1S/C11H5F4N3O/c12-5-1-6-7(3-17-10(6)16-2-5)8-9(11(13,14)15)18-4-19-8/h1-4H,(H,16,17). The average Bonchev–Trinajstić information content (AvgIpc) is 2.91. The van der Waals surface area contributed by atoms with Gasteiger partial charge in [0.05, 0.1) is 6.20 Å². The Labute approximate surface area is 103 Å². The first-order chi connectivity index (χ1) is 8.97. The molecule has 0 fully saturated rings. The summed E-state index contributed by atoms with van der Waals surface area (Å²) in [4.78, 5) is 9.53. The molecule has 0 atom stereocenters. The van der Waals surface area contributed by atoms with Crippen molar-refractivity contribution in [2.45, 2.75) is 6.18 Å². The number of nitrogens with zero attached hydrogens (tertiary/aromatic N) is 2. The molecule has 0 amide bonds. The molecule has 3 rings (SSSR count). The molecule has 8 heteroatoms. The molecule has 0 radical (unpaired) electrons. The maximum Gasteiger partial charge on any atom is 0.437 e. The van der Waals surface area contributed by atoms with Crippen LogP contribution in [0.3, 0.4) is 0 Å². The summed E-state index contributed by atoms with van der Waals surface area (Å²) in [6, 6.07) is 1.08. The number of hydrogen-bond donors (Lipinski definition) is 1. The molecule has 19 heavy (non-hydrogen) atoms. The van der Waals surface area contributed by atoms with Crippen molar-refractivity contribution in [1.82, 2.24) is 15.0 Å². The molecule has 0 unspecified atom stereocenters. The van der Waals surface area contributed by atoms with E-state index in [-0.39, 0.29) is 16.6 Å². The van der Waals surface area contributed by atoms with Crippen molar-refractivity contribution in [1.29, 1.82) is 0 Å². The van der Waals surface area contributed by atoms with E-state index in [1.807, 2.05) is 0 Å². The van der Waals surface area contributed by atoms with E-state index in [9.17, 15) is 17.6 Å². The number of fused-ring (bicyclic) bond motifs is 1. The van der Waals surface area contributed by atoms with Gasteiger partial charge in [0.2, 0.25) is 0 Å². The maximum atomic E-state index is 13.1. The highest BCUT2D eigenvalue weighted by molar-refractivity contribution is 5.92. The molecule has 4 nitrogen and oxygen atoms in total. The van der Waals surface area contributed by atoms with Crippen molar-refractivity contribution in [2.75, 3.05) is 0 Å². The largest absolute Gasteiger partial charge is 0.443 e. The molecule has 0 spiro atoms. The summed E-state index contributed by atoms with van der Waals surface area (Å²) >= 11 is 0. The average molecular weight is 271 g/mol. The minimum absolute atomic E-state index is 0.0619. The fourth-order valence-corrected chi connectivity index (χ4v) is 1.80. The number of aromatic amines is 1. The molecule has 0 aliphatic heterocycles. The second-order valence-electron chi connectivity index (χ2n) is 3.78. The van der Waals surface area contributed by atoms with Gasteiger partial charge < -0.3 is 9.40 Å². The van der Waals surface area contributed by atoms with Gasteiger partial charge in [-0.05, 0) is 6.07 Å². The van der Waals surface area contributed by atoms with Gasteiger partial charge in [0.25, 0.3) is 0 Å². The van der Waals surface area contributed by atoms with Gasteiger partial charge in [-0.2, -0.15) is 13.2 Å². The molecule has 0 aromatic carbocycles. The molecule has 3 aromatic heterocycles. The lowest BCUT2D eigenvalue weighted by Gasteiger charge is -2.03. The highest BCUT2D eigenvalue weighted by Crippen LogP contribution is 2.38. The molecule has 1 N–H and O–H groups in total. The molecule has 3 aromatic rings. The zero-order chi connectivity index (χ0) is 13.6. The molecule has 3 heterocycles. The second kappa shape index (κ2) is 3.81. The van der Waals surface area contributed by atoms with Crippen LogP contribution in [0.15, 0.2) is 29.3 Å². The topological polar surface area (TPSA) is 54.7 Å². The molecule has 0 bridgehead atoms. The van der Waals surface area contributed by atoms with Crippen LogP contribution in [0.1, 0.15) is 5.69 Å². The Hall–Kier alpha value is -2.38. The third kappa shape index (κ3) is 1.85. The van der Waals surface area contributed by atoms with Crippen LogP contribution in [-0.4, -0.2) is 15.0 Å². The van der Waals surface area contributed by atoms with E-state index in [0.29, 0.717) is 6.39 Å². The SMILES string of the molecule is Fc1cnc2[nH]cc(-c3ocnc3C(F)(F)F)c2c1. The third-order valence-corrected chi connectivity index (χ3v) is 2.58. The Morgan fingerprint density at radius 1 is 1.21 bits per heavy atom. The number of aromatic nitrogens is 3. The maximum absolute atomic E-state index is 13.1. The summed E-state index contributed by atoms with van der Waals surface area (Å²) in [6.45, 7) is 0. The van der Waals surface area contributed by atoms with Crippen molar-refractivity contribution < 1.29 is 22.0 Å². The Morgan fingerprint density at radius 2 is 2.00 bits per heavy atom. The molecule has 0 saturated carbocycles. The normalized spacial score (nSPS) is 12.2. The lowest BCUT2D eigenvalue weighted by Crippen LogP contribution is -2.06.